The first-order chi connectivity index (χ1) is 20.3. The summed E-state index contributed by atoms with van der Waals surface area (Å²) in [5, 5.41) is 6.59. The number of carbonyl (C=O) groups excluding carboxylic acids is 3. The summed E-state index contributed by atoms with van der Waals surface area (Å²) in [5.74, 6) is 0.355. The van der Waals surface area contributed by atoms with Crippen LogP contribution in [0.5, 0.6) is 5.75 Å². The minimum absolute atomic E-state index is 0.0128. The molecule has 0 spiro atoms. The summed E-state index contributed by atoms with van der Waals surface area (Å²) in [7, 11) is 0. The van der Waals surface area contributed by atoms with Gasteiger partial charge in [0.15, 0.2) is 6.10 Å². The Kier molecular flexibility index (Phi) is 10.8. The monoisotopic (exact) mass is 587 g/mol. The maximum absolute atomic E-state index is 13.5. The molecule has 0 saturated heterocycles. The highest BCUT2D eigenvalue weighted by Gasteiger charge is 2.29. The predicted octanol–water partition coefficient (Wildman–Crippen LogP) is 7.48. The Morgan fingerprint density at radius 3 is 2.07 bits per heavy atom. The van der Waals surface area contributed by atoms with E-state index in [0.717, 1.165) is 23.4 Å². The molecule has 0 aliphatic heterocycles. The fourth-order valence-corrected chi connectivity index (χ4v) is 4.44. The SMILES string of the molecule is CCC(Oc1ccc(C(C)(C)CC)cc1C(C)(C)CC)C(=O)Nc1cccc(N(NC(N)=O)C(=O)Nc2ccccc2)c1. The lowest BCUT2D eigenvalue weighted by Gasteiger charge is -2.31. The number of anilines is 3. The van der Waals surface area contributed by atoms with Crippen LogP contribution in [0.4, 0.5) is 26.7 Å². The second-order valence-corrected chi connectivity index (χ2v) is 11.8. The summed E-state index contributed by atoms with van der Waals surface area (Å²) in [6, 6.07) is 20.1. The molecule has 9 heteroatoms. The fourth-order valence-electron chi connectivity index (χ4n) is 4.44. The van der Waals surface area contributed by atoms with Crippen molar-refractivity contribution in [2.75, 3.05) is 15.6 Å². The molecule has 0 saturated carbocycles. The molecule has 43 heavy (non-hydrogen) atoms. The summed E-state index contributed by atoms with van der Waals surface area (Å²) in [6.45, 7) is 15.1. The smallest absolute Gasteiger partial charge is 0.345 e. The summed E-state index contributed by atoms with van der Waals surface area (Å²) >= 11 is 0. The first kappa shape index (κ1) is 33.0. The van der Waals surface area contributed by atoms with E-state index in [0.29, 0.717) is 29.2 Å². The van der Waals surface area contributed by atoms with E-state index in [9.17, 15) is 14.4 Å². The van der Waals surface area contributed by atoms with Crippen molar-refractivity contribution in [2.45, 2.75) is 84.7 Å². The van der Waals surface area contributed by atoms with Crippen molar-refractivity contribution in [1.82, 2.24) is 5.43 Å². The van der Waals surface area contributed by atoms with Crippen LogP contribution in [0.1, 0.15) is 78.9 Å². The standard InChI is InChI=1S/C34H45N5O4/c1-8-28(43-29-20-19-23(33(4,5)9-2)21-27(29)34(6,7)10-3)30(40)36-25-17-14-18-26(22-25)39(38-31(35)41)32(42)37-24-15-12-11-13-16-24/h11-22,28H,8-10H2,1-7H3,(H,36,40)(H,37,42)(H3,35,38,41). The Morgan fingerprint density at radius 1 is 0.814 bits per heavy atom. The second-order valence-electron chi connectivity index (χ2n) is 11.8. The van der Waals surface area contributed by atoms with E-state index in [4.69, 9.17) is 10.5 Å². The molecule has 0 radical (unpaired) electrons. The van der Waals surface area contributed by atoms with Gasteiger partial charge in [-0.1, -0.05) is 84.9 Å². The topological polar surface area (TPSA) is 126 Å². The van der Waals surface area contributed by atoms with Gasteiger partial charge < -0.3 is 21.1 Å². The number of benzene rings is 3. The molecule has 5 N–H and O–H groups in total. The highest BCUT2D eigenvalue weighted by atomic mass is 16.5. The van der Waals surface area contributed by atoms with E-state index >= 15 is 0 Å². The van der Waals surface area contributed by atoms with Crippen LogP contribution in [0.3, 0.4) is 0 Å². The molecule has 3 aromatic carbocycles. The van der Waals surface area contributed by atoms with Crippen LogP contribution in [0.25, 0.3) is 0 Å². The first-order valence-electron chi connectivity index (χ1n) is 14.8. The summed E-state index contributed by atoms with van der Waals surface area (Å²) < 4.78 is 6.39. The van der Waals surface area contributed by atoms with Crippen LogP contribution in [0.2, 0.25) is 0 Å². The number of primary amides is 1. The van der Waals surface area contributed by atoms with Crippen molar-refractivity contribution in [3.8, 4) is 5.75 Å². The zero-order chi connectivity index (χ0) is 31.8. The minimum Gasteiger partial charge on any atom is -0.480 e. The Labute approximate surface area is 255 Å². The van der Waals surface area contributed by atoms with E-state index in [2.05, 4.69) is 69.7 Å². The number of rotatable bonds is 11. The van der Waals surface area contributed by atoms with Crippen LogP contribution >= 0.6 is 0 Å². The predicted molar refractivity (Wildman–Crippen MR) is 174 cm³/mol. The van der Waals surface area contributed by atoms with Gasteiger partial charge in [-0.15, -0.1) is 0 Å². The lowest BCUT2D eigenvalue weighted by atomic mass is 9.76. The zero-order valence-electron chi connectivity index (χ0n) is 26.3. The van der Waals surface area contributed by atoms with Crippen molar-refractivity contribution in [2.24, 2.45) is 5.73 Å². The molecule has 0 aliphatic rings. The van der Waals surface area contributed by atoms with Crippen molar-refractivity contribution in [1.29, 1.82) is 0 Å². The molecule has 0 aliphatic carbocycles. The maximum atomic E-state index is 13.5. The van der Waals surface area contributed by atoms with Crippen LogP contribution in [0.15, 0.2) is 72.8 Å². The molecule has 3 rings (SSSR count). The van der Waals surface area contributed by atoms with Crippen molar-refractivity contribution < 1.29 is 19.1 Å². The molecule has 5 amide bonds. The van der Waals surface area contributed by atoms with Crippen LogP contribution in [-0.4, -0.2) is 24.1 Å². The first-order valence-corrected chi connectivity index (χ1v) is 14.8. The third-order valence-electron chi connectivity index (χ3n) is 8.01. The van der Waals surface area contributed by atoms with E-state index < -0.39 is 18.2 Å². The maximum Gasteiger partial charge on any atom is 0.345 e. The molecule has 0 fully saturated rings. The van der Waals surface area contributed by atoms with Gasteiger partial charge >= 0.3 is 12.1 Å². The van der Waals surface area contributed by atoms with Crippen molar-refractivity contribution in [3.63, 3.8) is 0 Å². The van der Waals surface area contributed by atoms with Crippen LogP contribution in [0, 0.1) is 0 Å². The molecule has 230 valence electrons. The number of hydrogen-bond donors (Lipinski definition) is 4. The molecule has 3 aromatic rings. The fraction of sp³-hybridized carbons (Fsp3) is 0.382. The number of nitrogens with zero attached hydrogens (tertiary/aromatic N) is 1. The summed E-state index contributed by atoms with van der Waals surface area (Å²) in [5.41, 5.74) is 11.1. The Hall–Kier alpha value is -4.53. The highest BCUT2D eigenvalue weighted by molar-refractivity contribution is 6.03. The van der Waals surface area contributed by atoms with E-state index in [1.807, 2.05) is 19.1 Å². The summed E-state index contributed by atoms with van der Waals surface area (Å²) in [4.78, 5) is 38.2. The molecular weight excluding hydrogens is 542 g/mol. The molecule has 1 unspecified atom stereocenters. The number of hydrazine groups is 1. The molecule has 0 heterocycles. The van der Waals surface area contributed by atoms with Gasteiger partial charge in [-0.3, -0.25) is 4.79 Å². The quantitative estimate of drug-likeness (QED) is 0.174. The number of hydrogen-bond acceptors (Lipinski definition) is 4. The van der Waals surface area contributed by atoms with Crippen molar-refractivity contribution >= 4 is 35.0 Å². The molecule has 0 aromatic heterocycles. The van der Waals surface area contributed by atoms with Gasteiger partial charge in [0.25, 0.3) is 5.91 Å². The number of amides is 5. The minimum atomic E-state index is -0.920. The average Bonchev–Trinajstić information content (AvgIpc) is 2.99. The second kappa shape index (κ2) is 14.1. The number of ether oxygens (including phenoxy) is 1. The number of para-hydroxylation sites is 1. The van der Waals surface area contributed by atoms with Crippen LogP contribution in [-0.2, 0) is 15.6 Å². The summed E-state index contributed by atoms with van der Waals surface area (Å²) in [6.07, 6.45) is 1.58. The van der Waals surface area contributed by atoms with E-state index in [-0.39, 0.29) is 16.7 Å². The lowest BCUT2D eigenvalue weighted by Crippen LogP contribution is -2.50. The number of nitrogens with two attached hydrogens (primary N) is 1. The van der Waals surface area contributed by atoms with Crippen LogP contribution < -0.4 is 31.5 Å². The molecule has 1 atom stereocenters. The Balaban J connectivity index is 1.85. The number of urea groups is 2. The largest absolute Gasteiger partial charge is 0.480 e. The molecular formula is C34H45N5O4. The van der Waals surface area contributed by atoms with Gasteiger partial charge in [0.1, 0.15) is 5.75 Å². The van der Waals surface area contributed by atoms with Gasteiger partial charge in [-0.05, 0) is 72.1 Å². The van der Waals surface area contributed by atoms with Gasteiger partial charge in [0.2, 0.25) is 0 Å². The molecule has 0 bridgehead atoms. The normalized spacial score (nSPS) is 12.2. The zero-order valence-corrected chi connectivity index (χ0v) is 26.3. The van der Waals surface area contributed by atoms with Gasteiger partial charge in [0, 0.05) is 16.9 Å². The van der Waals surface area contributed by atoms with Gasteiger partial charge in [-0.25, -0.2) is 20.0 Å². The third kappa shape index (κ3) is 8.50. The van der Waals surface area contributed by atoms with Gasteiger partial charge in [0.05, 0.1) is 5.69 Å². The Morgan fingerprint density at radius 2 is 1.47 bits per heavy atom. The van der Waals surface area contributed by atoms with Gasteiger partial charge in [-0.2, -0.15) is 0 Å². The van der Waals surface area contributed by atoms with E-state index in [1.165, 1.54) is 5.56 Å². The highest BCUT2D eigenvalue weighted by Crippen LogP contribution is 2.39. The molecule has 9 nitrogen and oxygen atoms in total. The third-order valence-corrected chi connectivity index (χ3v) is 8.01. The Bertz CT molecular complexity index is 1420. The number of carbonyl (C=O) groups is 3. The van der Waals surface area contributed by atoms with Crippen molar-refractivity contribution in [3.05, 3.63) is 83.9 Å². The van der Waals surface area contributed by atoms with E-state index in [1.54, 1.807) is 48.5 Å². The number of nitrogens with one attached hydrogen (secondary N) is 3. The average molecular weight is 588 g/mol. The lowest BCUT2D eigenvalue weighted by molar-refractivity contribution is -0.122.